The van der Waals surface area contributed by atoms with Gasteiger partial charge in [0.25, 0.3) is 0 Å². The quantitative estimate of drug-likeness (QED) is 0.889. The number of nitrogens with one attached hydrogen (secondary N) is 1. The van der Waals surface area contributed by atoms with E-state index < -0.39 is 0 Å². The van der Waals surface area contributed by atoms with Gasteiger partial charge in [-0.05, 0) is 35.3 Å². The molecule has 0 saturated carbocycles. The molecule has 116 valence electrons. The molecule has 21 heavy (non-hydrogen) atoms. The second kappa shape index (κ2) is 6.56. The summed E-state index contributed by atoms with van der Waals surface area (Å²) in [7, 11) is 3.52. The average Bonchev–Trinajstić information content (AvgIpc) is 2.97. The van der Waals surface area contributed by atoms with Gasteiger partial charge in [-0.2, -0.15) is 0 Å². The molecule has 2 atom stereocenters. The number of ether oxygens (including phenoxy) is 2. The van der Waals surface area contributed by atoms with Gasteiger partial charge in [0.15, 0.2) is 5.82 Å². The highest BCUT2D eigenvalue weighted by molar-refractivity contribution is 9.10. The van der Waals surface area contributed by atoms with Gasteiger partial charge < -0.3 is 14.8 Å². The molecule has 1 N–H and O–H groups in total. The predicted octanol–water partition coefficient (Wildman–Crippen LogP) is 1.96. The van der Waals surface area contributed by atoms with Gasteiger partial charge in [0.05, 0.1) is 23.4 Å². The molecule has 0 amide bonds. The molecule has 2 aliphatic rings. The summed E-state index contributed by atoms with van der Waals surface area (Å²) in [5.74, 6) is 1.51. The lowest BCUT2D eigenvalue weighted by atomic mass is 10.2. The molecule has 3 heterocycles. The van der Waals surface area contributed by atoms with Crippen LogP contribution in [0.4, 0.5) is 5.82 Å². The van der Waals surface area contributed by atoms with E-state index in [1.54, 1.807) is 7.11 Å². The number of methoxy groups -OCH3 is 1. The van der Waals surface area contributed by atoms with Crippen molar-refractivity contribution in [2.24, 2.45) is 0 Å². The van der Waals surface area contributed by atoms with Gasteiger partial charge >= 0.3 is 0 Å². The van der Waals surface area contributed by atoms with E-state index in [9.17, 15) is 0 Å². The lowest BCUT2D eigenvalue weighted by Crippen LogP contribution is -2.43. The highest BCUT2D eigenvalue weighted by Crippen LogP contribution is 2.31. The van der Waals surface area contributed by atoms with Crippen LogP contribution >= 0.6 is 15.9 Å². The number of rotatable bonds is 4. The number of fused-ring (bicyclic) bond motifs is 1. The Hall–Kier alpha value is -0.760. The Morgan fingerprint density at radius 2 is 2.33 bits per heavy atom. The van der Waals surface area contributed by atoms with E-state index in [2.05, 4.69) is 36.1 Å². The molecule has 1 aromatic rings. The summed E-state index contributed by atoms with van der Waals surface area (Å²) in [4.78, 5) is 11.7. The fourth-order valence-electron chi connectivity index (χ4n) is 3.03. The van der Waals surface area contributed by atoms with Crippen molar-refractivity contribution in [3.05, 3.63) is 16.0 Å². The monoisotopic (exact) mass is 356 g/mol. The normalized spacial score (nSPS) is 25.9. The number of hydrogen-bond donors (Lipinski definition) is 1. The van der Waals surface area contributed by atoms with Gasteiger partial charge in [-0.25, -0.2) is 9.97 Å². The first-order chi connectivity index (χ1) is 10.2. The van der Waals surface area contributed by atoms with E-state index in [-0.39, 0.29) is 6.10 Å². The third-order valence-electron chi connectivity index (χ3n) is 4.13. The van der Waals surface area contributed by atoms with Crippen molar-refractivity contribution >= 4 is 21.7 Å². The Labute approximate surface area is 133 Å². The average molecular weight is 357 g/mol. The fourth-order valence-corrected chi connectivity index (χ4v) is 3.52. The summed E-state index contributed by atoms with van der Waals surface area (Å²) in [6.45, 7) is 3.26. The van der Waals surface area contributed by atoms with E-state index in [0.717, 1.165) is 41.5 Å². The van der Waals surface area contributed by atoms with Crippen molar-refractivity contribution in [1.29, 1.82) is 0 Å². The molecule has 0 aromatic carbocycles. The van der Waals surface area contributed by atoms with Crippen molar-refractivity contribution in [3.8, 4) is 0 Å². The van der Waals surface area contributed by atoms with Crippen LogP contribution in [0.2, 0.25) is 0 Å². The van der Waals surface area contributed by atoms with Crippen LogP contribution < -0.4 is 5.32 Å². The molecule has 2 saturated heterocycles. The Kier molecular flexibility index (Phi) is 4.73. The van der Waals surface area contributed by atoms with Gasteiger partial charge in [0, 0.05) is 26.7 Å². The molecule has 2 unspecified atom stereocenters. The molecule has 0 aliphatic carbocycles. The van der Waals surface area contributed by atoms with Gasteiger partial charge in [0.1, 0.15) is 11.9 Å². The molecule has 3 rings (SSSR count). The number of halogens is 1. The fraction of sp³-hybridized carbons (Fsp3) is 0.714. The molecule has 0 bridgehead atoms. The van der Waals surface area contributed by atoms with Gasteiger partial charge in [-0.1, -0.05) is 0 Å². The summed E-state index contributed by atoms with van der Waals surface area (Å²) < 4.78 is 12.1. The van der Waals surface area contributed by atoms with Crippen LogP contribution in [0.1, 0.15) is 30.5 Å². The van der Waals surface area contributed by atoms with Crippen molar-refractivity contribution < 1.29 is 9.47 Å². The van der Waals surface area contributed by atoms with E-state index >= 15 is 0 Å². The Balaban J connectivity index is 1.85. The maximum atomic E-state index is 6.00. The van der Waals surface area contributed by atoms with Crippen molar-refractivity contribution in [3.63, 3.8) is 0 Å². The summed E-state index contributed by atoms with van der Waals surface area (Å²) >= 11 is 3.53. The lowest BCUT2D eigenvalue weighted by Gasteiger charge is -2.34. The summed E-state index contributed by atoms with van der Waals surface area (Å²) in [6.07, 6.45) is 2.44. The van der Waals surface area contributed by atoms with Gasteiger partial charge in [-0.15, -0.1) is 0 Å². The number of nitrogens with zero attached hydrogens (tertiary/aromatic N) is 3. The topological polar surface area (TPSA) is 59.5 Å². The summed E-state index contributed by atoms with van der Waals surface area (Å²) in [5.41, 5.74) is 0.846. The van der Waals surface area contributed by atoms with E-state index in [0.29, 0.717) is 12.6 Å². The number of aromatic nitrogens is 2. The number of anilines is 1. The molecular weight excluding hydrogens is 336 g/mol. The van der Waals surface area contributed by atoms with Crippen LogP contribution in [-0.2, 0) is 16.1 Å². The molecule has 1 aromatic heterocycles. The van der Waals surface area contributed by atoms with Crippen LogP contribution in [0.5, 0.6) is 0 Å². The minimum Gasteiger partial charge on any atom is -0.378 e. The molecule has 7 heteroatoms. The van der Waals surface area contributed by atoms with Crippen LogP contribution in [0.3, 0.4) is 0 Å². The smallest absolute Gasteiger partial charge is 0.161 e. The zero-order valence-electron chi connectivity index (χ0n) is 12.4. The highest BCUT2D eigenvalue weighted by atomic mass is 79.9. The first-order valence-corrected chi connectivity index (χ1v) is 8.11. The molecular formula is C14H21BrN4O2. The van der Waals surface area contributed by atoms with E-state index in [1.807, 2.05) is 7.05 Å². The maximum absolute atomic E-state index is 6.00. The number of hydrogen-bond acceptors (Lipinski definition) is 6. The Morgan fingerprint density at radius 1 is 1.48 bits per heavy atom. The van der Waals surface area contributed by atoms with Crippen molar-refractivity contribution in [2.45, 2.75) is 31.6 Å². The molecule has 2 fully saturated rings. The Bertz CT molecular complexity index is 514. The van der Waals surface area contributed by atoms with Crippen LogP contribution in [0.15, 0.2) is 4.47 Å². The molecule has 0 spiro atoms. The minimum atomic E-state index is -0.0600. The standard InChI is InChI=1S/C14H21BrN4O2/c1-16-14-12(15)10(8-20-2)17-13(18-14)11-6-19-5-3-4-9(19)7-21-11/h9,11H,3-8H2,1-2H3,(H,16,17,18). The highest BCUT2D eigenvalue weighted by Gasteiger charge is 2.34. The second-order valence-electron chi connectivity index (χ2n) is 5.49. The summed E-state index contributed by atoms with van der Waals surface area (Å²) in [6, 6.07) is 0.582. The third-order valence-corrected chi connectivity index (χ3v) is 4.97. The molecule has 0 radical (unpaired) electrons. The zero-order chi connectivity index (χ0) is 14.8. The largest absolute Gasteiger partial charge is 0.378 e. The third kappa shape index (κ3) is 3.06. The van der Waals surface area contributed by atoms with Crippen molar-refractivity contribution in [1.82, 2.24) is 14.9 Å². The van der Waals surface area contributed by atoms with Crippen LogP contribution in [-0.4, -0.2) is 54.8 Å². The van der Waals surface area contributed by atoms with Gasteiger partial charge in [-0.3, -0.25) is 4.90 Å². The van der Waals surface area contributed by atoms with E-state index in [4.69, 9.17) is 9.47 Å². The summed E-state index contributed by atoms with van der Waals surface area (Å²) in [5, 5.41) is 3.10. The number of morpholine rings is 1. The maximum Gasteiger partial charge on any atom is 0.161 e. The lowest BCUT2D eigenvalue weighted by molar-refractivity contribution is -0.0542. The zero-order valence-corrected chi connectivity index (χ0v) is 14.0. The van der Waals surface area contributed by atoms with Gasteiger partial charge in [0.2, 0.25) is 0 Å². The van der Waals surface area contributed by atoms with E-state index in [1.165, 1.54) is 12.8 Å². The first kappa shape index (κ1) is 15.1. The SMILES string of the molecule is CNc1nc(C2CN3CCCC3CO2)nc(COC)c1Br. The van der Waals surface area contributed by atoms with Crippen LogP contribution in [0, 0.1) is 0 Å². The first-order valence-electron chi connectivity index (χ1n) is 7.31. The second-order valence-corrected chi connectivity index (χ2v) is 6.28. The minimum absolute atomic E-state index is 0.0600. The van der Waals surface area contributed by atoms with Crippen molar-refractivity contribution in [2.75, 3.05) is 39.2 Å². The predicted molar refractivity (Wildman–Crippen MR) is 83.3 cm³/mol. The Morgan fingerprint density at radius 3 is 3.10 bits per heavy atom. The van der Waals surface area contributed by atoms with Crippen LogP contribution in [0.25, 0.3) is 0 Å². The molecule has 6 nitrogen and oxygen atoms in total. The molecule has 2 aliphatic heterocycles.